The number of benzene rings is 2. The first-order valence-corrected chi connectivity index (χ1v) is 9.24. The van der Waals surface area contributed by atoms with Crippen molar-refractivity contribution in [3.05, 3.63) is 59.9 Å². The van der Waals surface area contributed by atoms with E-state index in [0.717, 1.165) is 22.7 Å². The van der Waals surface area contributed by atoms with E-state index in [4.69, 9.17) is 15.2 Å². The molecule has 0 radical (unpaired) electrons. The maximum Gasteiger partial charge on any atom is 0.227 e. The van der Waals surface area contributed by atoms with Gasteiger partial charge in [-0.1, -0.05) is 23.9 Å². The van der Waals surface area contributed by atoms with Gasteiger partial charge >= 0.3 is 0 Å². The molecule has 0 unspecified atom stereocenters. The lowest BCUT2D eigenvalue weighted by molar-refractivity contribution is -0.115. The van der Waals surface area contributed by atoms with Gasteiger partial charge in [-0.15, -0.1) is 10.2 Å². The predicted molar refractivity (Wildman–Crippen MR) is 103 cm³/mol. The summed E-state index contributed by atoms with van der Waals surface area (Å²) in [7, 11) is 1.61. The van der Waals surface area contributed by atoms with Gasteiger partial charge in [0.2, 0.25) is 5.91 Å². The van der Waals surface area contributed by atoms with E-state index < -0.39 is 5.91 Å². The first-order valence-electron chi connectivity index (χ1n) is 8.26. The summed E-state index contributed by atoms with van der Waals surface area (Å²) >= 11 is 1.23. The first kappa shape index (κ1) is 18.8. The van der Waals surface area contributed by atoms with Gasteiger partial charge in [0, 0.05) is 5.69 Å². The van der Waals surface area contributed by atoms with E-state index in [1.165, 1.54) is 11.8 Å². The molecule has 2 N–H and O–H groups in total. The Morgan fingerprint density at radius 1 is 1.15 bits per heavy atom. The average Bonchev–Trinajstić information content (AvgIpc) is 3.07. The topological polar surface area (TPSA) is 92.3 Å². The number of thioether (sulfide) groups is 1. The van der Waals surface area contributed by atoms with Crippen molar-refractivity contribution in [3.8, 4) is 17.2 Å². The van der Waals surface area contributed by atoms with Crippen LogP contribution in [-0.2, 0) is 11.4 Å². The van der Waals surface area contributed by atoms with Gasteiger partial charge in [0.1, 0.15) is 18.1 Å². The number of nitrogens with zero attached hydrogens (tertiary/aromatic N) is 3. The monoisotopic (exact) mass is 384 g/mol. The molecule has 0 fully saturated rings. The van der Waals surface area contributed by atoms with E-state index in [2.05, 4.69) is 10.2 Å². The number of aromatic nitrogens is 3. The number of hydrogen-bond acceptors (Lipinski definition) is 6. The van der Waals surface area contributed by atoms with E-state index in [9.17, 15) is 4.79 Å². The molecule has 0 atom stereocenters. The normalized spacial score (nSPS) is 10.6. The maximum absolute atomic E-state index is 11.2. The third-order valence-electron chi connectivity index (χ3n) is 3.73. The van der Waals surface area contributed by atoms with Crippen molar-refractivity contribution in [2.45, 2.75) is 18.7 Å². The quantitative estimate of drug-likeness (QED) is 0.601. The van der Waals surface area contributed by atoms with Gasteiger partial charge < -0.3 is 15.2 Å². The van der Waals surface area contributed by atoms with Crippen LogP contribution in [0.4, 0.5) is 0 Å². The average molecular weight is 384 g/mol. The largest absolute Gasteiger partial charge is 0.497 e. The Labute approximate surface area is 161 Å². The fraction of sp³-hybridized carbons (Fsp3) is 0.211. The Morgan fingerprint density at radius 3 is 2.59 bits per heavy atom. The summed E-state index contributed by atoms with van der Waals surface area (Å²) in [5.74, 6) is 1.82. The van der Waals surface area contributed by atoms with Crippen LogP contribution in [0.5, 0.6) is 11.5 Å². The minimum absolute atomic E-state index is 0.118. The number of hydrogen-bond donors (Lipinski definition) is 1. The number of nitrogens with two attached hydrogens (primary N) is 1. The van der Waals surface area contributed by atoms with Crippen molar-refractivity contribution in [2.24, 2.45) is 5.73 Å². The molecular formula is C19H20N4O3S. The predicted octanol–water partition coefficient (Wildman–Crippen LogP) is 2.74. The highest BCUT2D eigenvalue weighted by molar-refractivity contribution is 7.99. The number of aryl methyl sites for hydroxylation is 1. The molecule has 8 heteroatoms. The van der Waals surface area contributed by atoms with Gasteiger partial charge in [-0.3, -0.25) is 9.36 Å². The van der Waals surface area contributed by atoms with Crippen molar-refractivity contribution in [3.63, 3.8) is 0 Å². The number of primary amides is 1. The minimum Gasteiger partial charge on any atom is -0.497 e. The molecule has 0 aliphatic rings. The van der Waals surface area contributed by atoms with E-state index in [0.29, 0.717) is 11.0 Å². The van der Waals surface area contributed by atoms with Gasteiger partial charge in [0.05, 0.1) is 12.9 Å². The molecule has 1 heterocycles. The van der Waals surface area contributed by atoms with Crippen LogP contribution in [0.2, 0.25) is 0 Å². The molecule has 27 heavy (non-hydrogen) atoms. The fourth-order valence-electron chi connectivity index (χ4n) is 2.47. The highest BCUT2D eigenvalue weighted by Gasteiger charge is 2.16. The highest BCUT2D eigenvalue weighted by Crippen LogP contribution is 2.24. The Kier molecular flexibility index (Phi) is 5.97. The standard InChI is InChI=1S/C19H20N4O3S/c1-13-4-3-5-16(10-13)26-11-18-21-22-19(27-12-17(20)24)23(18)14-6-8-15(25-2)9-7-14/h3-10H,11-12H2,1-2H3,(H2,20,24). The van der Waals surface area contributed by atoms with Crippen molar-refractivity contribution in [2.75, 3.05) is 12.9 Å². The number of methoxy groups -OCH3 is 1. The summed E-state index contributed by atoms with van der Waals surface area (Å²) in [5.41, 5.74) is 7.22. The molecule has 0 bridgehead atoms. The third-order valence-corrected chi connectivity index (χ3v) is 4.68. The van der Waals surface area contributed by atoms with Crippen LogP contribution in [0.1, 0.15) is 11.4 Å². The second-order valence-electron chi connectivity index (χ2n) is 5.79. The summed E-state index contributed by atoms with van der Waals surface area (Å²) < 4.78 is 12.9. The fourth-order valence-corrected chi connectivity index (χ4v) is 3.18. The molecule has 1 amide bonds. The molecule has 0 spiro atoms. The van der Waals surface area contributed by atoms with E-state index >= 15 is 0 Å². The van der Waals surface area contributed by atoms with Crippen molar-refractivity contribution in [1.82, 2.24) is 14.8 Å². The second-order valence-corrected chi connectivity index (χ2v) is 6.73. The summed E-state index contributed by atoms with van der Waals surface area (Å²) in [5, 5.41) is 9.00. The van der Waals surface area contributed by atoms with E-state index in [-0.39, 0.29) is 12.4 Å². The van der Waals surface area contributed by atoms with Crippen LogP contribution in [0.15, 0.2) is 53.7 Å². The molecule has 0 saturated heterocycles. The summed E-state index contributed by atoms with van der Waals surface area (Å²) in [6, 6.07) is 15.3. The van der Waals surface area contributed by atoms with Crippen LogP contribution >= 0.6 is 11.8 Å². The lowest BCUT2D eigenvalue weighted by Crippen LogP contribution is -2.14. The van der Waals surface area contributed by atoms with Gasteiger partial charge in [-0.05, 0) is 48.9 Å². The van der Waals surface area contributed by atoms with Crippen molar-refractivity contribution >= 4 is 17.7 Å². The van der Waals surface area contributed by atoms with Gasteiger partial charge in [0.25, 0.3) is 0 Å². The Morgan fingerprint density at radius 2 is 1.93 bits per heavy atom. The first-order chi connectivity index (χ1) is 13.1. The summed E-state index contributed by atoms with van der Waals surface area (Å²) in [6.45, 7) is 2.24. The number of carbonyl (C=O) groups excluding carboxylic acids is 1. The van der Waals surface area contributed by atoms with Gasteiger partial charge in [-0.25, -0.2) is 0 Å². The number of ether oxygens (including phenoxy) is 2. The molecule has 3 aromatic rings. The second kappa shape index (κ2) is 8.59. The molecule has 3 rings (SSSR count). The zero-order valence-electron chi connectivity index (χ0n) is 15.1. The van der Waals surface area contributed by atoms with E-state index in [1.807, 2.05) is 60.0 Å². The molecule has 7 nitrogen and oxygen atoms in total. The summed E-state index contributed by atoms with van der Waals surface area (Å²) in [4.78, 5) is 11.2. The van der Waals surface area contributed by atoms with Crippen molar-refractivity contribution < 1.29 is 14.3 Å². The van der Waals surface area contributed by atoms with Crippen LogP contribution in [0.25, 0.3) is 5.69 Å². The smallest absolute Gasteiger partial charge is 0.227 e. The molecule has 2 aromatic carbocycles. The number of carbonyl (C=O) groups is 1. The molecular weight excluding hydrogens is 364 g/mol. The molecule has 0 aliphatic carbocycles. The zero-order valence-corrected chi connectivity index (χ0v) is 15.9. The lowest BCUT2D eigenvalue weighted by atomic mass is 10.2. The number of rotatable bonds is 8. The van der Waals surface area contributed by atoms with Crippen LogP contribution < -0.4 is 15.2 Å². The summed E-state index contributed by atoms with van der Waals surface area (Å²) in [6.07, 6.45) is 0. The van der Waals surface area contributed by atoms with Gasteiger partial charge in [0.15, 0.2) is 11.0 Å². The molecule has 1 aromatic heterocycles. The Hall–Kier alpha value is -3.00. The zero-order chi connectivity index (χ0) is 19.2. The lowest BCUT2D eigenvalue weighted by Gasteiger charge is -2.12. The minimum atomic E-state index is -0.415. The van der Waals surface area contributed by atoms with Crippen LogP contribution in [0.3, 0.4) is 0 Å². The van der Waals surface area contributed by atoms with Crippen LogP contribution in [-0.4, -0.2) is 33.5 Å². The maximum atomic E-state index is 11.2. The third kappa shape index (κ3) is 4.79. The van der Waals surface area contributed by atoms with Gasteiger partial charge in [-0.2, -0.15) is 0 Å². The molecule has 0 aliphatic heterocycles. The molecule has 0 saturated carbocycles. The van der Waals surface area contributed by atoms with Crippen molar-refractivity contribution in [1.29, 1.82) is 0 Å². The number of amides is 1. The van der Waals surface area contributed by atoms with E-state index in [1.54, 1.807) is 7.11 Å². The Balaban J connectivity index is 1.88. The molecule has 140 valence electrons. The SMILES string of the molecule is COc1ccc(-n2c(COc3cccc(C)c3)nnc2SCC(N)=O)cc1. The van der Waals surface area contributed by atoms with Crippen LogP contribution in [0, 0.1) is 6.92 Å². The Bertz CT molecular complexity index is 925. The highest BCUT2D eigenvalue weighted by atomic mass is 32.2.